The Kier molecular flexibility index (Phi) is 4.04. The van der Waals surface area contributed by atoms with E-state index in [1.807, 2.05) is 36.4 Å². The molecule has 17 heavy (non-hydrogen) atoms. The Bertz CT molecular complexity index is 536. The second-order valence-electron chi connectivity index (χ2n) is 3.09. The van der Waals surface area contributed by atoms with Gasteiger partial charge in [-0.1, -0.05) is 30.3 Å². The molecule has 0 fully saturated rings. The summed E-state index contributed by atoms with van der Waals surface area (Å²) in [6.45, 7) is 0. The number of halogens is 4. The van der Waals surface area contributed by atoms with Gasteiger partial charge in [0.05, 0.1) is 5.39 Å². The lowest BCUT2D eigenvalue weighted by molar-refractivity contribution is 0.368. The molecule has 0 aliphatic heterocycles. The van der Waals surface area contributed by atoms with Gasteiger partial charge in [0.1, 0.15) is 0 Å². The molecule has 0 aliphatic rings. The largest absolute Gasteiger partial charge is 0.673 e. The van der Waals surface area contributed by atoms with Crippen LogP contribution in [0.2, 0.25) is 0 Å². The lowest BCUT2D eigenvalue weighted by Crippen LogP contribution is -2.02. The van der Waals surface area contributed by atoms with Gasteiger partial charge in [-0.25, -0.2) is 0 Å². The summed E-state index contributed by atoms with van der Waals surface area (Å²) in [6, 6.07) is 13.5. The van der Waals surface area contributed by atoms with E-state index < -0.39 is 7.25 Å². The van der Waals surface area contributed by atoms with Gasteiger partial charge in [-0.3, -0.25) is 0 Å². The van der Waals surface area contributed by atoms with E-state index in [0.29, 0.717) is 5.69 Å². The Morgan fingerprint density at radius 1 is 0.882 bits per heavy atom. The number of fused-ring (bicyclic) bond motifs is 1. The van der Waals surface area contributed by atoms with Crippen LogP contribution in [0.3, 0.4) is 0 Å². The van der Waals surface area contributed by atoms with Gasteiger partial charge in [0.2, 0.25) is 5.39 Å². The van der Waals surface area contributed by atoms with Crippen LogP contribution >= 0.6 is 0 Å². The Morgan fingerprint density at radius 2 is 1.41 bits per heavy atom. The van der Waals surface area contributed by atoms with Crippen LogP contribution in [-0.4, -0.2) is 7.25 Å². The first-order valence-electron chi connectivity index (χ1n) is 4.62. The highest BCUT2D eigenvalue weighted by Gasteiger charge is 2.20. The quantitative estimate of drug-likeness (QED) is 0.376. The average molecular weight is 242 g/mol. The standard InChI is InChI=1S/C10H7N2.BF4/c11-12-10-7-3-5-8-4-1-2-6-9(8)10;2-1(3,4)5/h1-7H;/q+1;-1. The van der Waals surface area contributed by atoms with Gasteiger partial charge in [-0.15, -0.1) is 0 Å². The first kappa shape index (κ1) is 13.0. The van der Waals surface area contributed by atoms with Crippen LogP contribution < -0.4 is 0 Å². The van der Waals surface area contributed by atoms with E-state index in [9.17, 15) is 17.3 Å². The van der Waals surface area contributed by atoms with Crippen molar-refractivity contribution in [2.45, 2.75) is 0 Å². The lowest BCUT2D eigenvalue weighted by Gasteiger charge is -1.94. The predicted octanol–water partition coefficient (Wildman–Crippen LogP) is 4.62. The highest BCUT2D eigenvalue weighted by Crippen LogP contribution is 2.24. The van der Waals surface area contributed by atoms with Gasteiger partial charge in [-0.2, -0.15) is 0 Å². The molecule has 7 heteroatoms. The number of hydrogen-bond donors (Lipinski definition) is 0. The molecule has 2 nitrogen and oxygen atoms in total. The molecular weight excluding hydrogens is 235 g/mol. The summed E-state index contributed by atoms with van der Waals surface area (Å²) in [6.07, 6.45) is 0. The van der Waals surface area contributed by atoms with E-state index in [2.05, 4.69) is 4.98 Å². The van der Waals surface area contributed by atoms with Crippen molar-refractivity contribution in [3.05, 3.63) is 47.4 Å². The van der Waals surface area contributed by atoms with Crippen molar-refractivity contribution in [2.24, 2.45) is 0 Å². The van der Waals surface area contributed by atoms with Gasteiger partial charge in [0, 0.05) is 6.07 Å². The zero-order valence-electron chi connectivity index (χ0n) is 8.53. The third kappa shape index (κ3) is 4.51. The minimum Gasteiger partial charge on any atom is -0.418 e. The van der Waals surface area contributed by atoms with E-state index in [4.69, 9.17) is 5.39 Å². The molecule has 2 rings (SSSR count). The minimum absolute atomic E-state index is 0.619. The van der Waals surface area contributed by atoms with Crippen LogP contribution in [0.1, 0.15) is 0 Å². The fourth-order valence-corrected chi connectivity index (χ4v) is 1.30. The maximum Gasteiger partial charge on any atom is 0.673 e. The number of diazo groups is 1. The van der Waals surface area contributed by atoms with Crippen molar-refractivity contribution in [2.75, 3.05) is 0 Å². The van der Waals surface area contributed by atoms with Crippen LogP contribution in [0.25, 0.3) is 15.7 Å². The Hall–Kier alpha value is -2.10. The van der Waals surface area contributed by atoms with Gasteiger partial charge in [0.25, 0.3) is 0 Å². The molecule has 0 amide bonds. The minimum atomic E-state index is -6.00. The molecule has 2 aromatic rings. The first-order chi connectivity index (χ1) is 7.92. The number of rotatable bonds is 0. The molecule has 0 atom stereocenters. The van der Waals surface area contributed by atoms with Gasteiger partial charge in [0.15, 0.2) is 4.98 Å². The van der Waals surface area contributed by atoms with Crippen molar-refractivity contribution < 1.29 is 17.3 Å². The van der Waals surface area contributed by atoms with Crippen LogP contribution in [0.5, 0.6) is 0 Å². The van der Waals surface area contributed by atoms with Crippen molar-refractivity contribution in [3.63, 3.8) is 0 Å². The zero-order valence-corrected chi connectivity index (χ0v) is 8.53. The van der Waals surface area contributed by atoms with Crippen LogP contribution in [0, 0.1) is 5.39 Å². The highest BCUT2D eigenvalue weighted by molar-refractivity contribution is 6.50. The van der Waals surface area contributed by atoms with E-state index in [0.717, 1.165) is 10.8 Å². The van der Waals surface area contributed by atoms with Crippen LogP contribution in [0.4, 0.5) is 23.0 Å². The summed E-state index contributed by atoms with van der Waals surface area (Å²) in [4.78, 5) is 3.20. The van der Waals surface area contributed by atoms with Gasteiger partial charge >= 0.3 is 12.9 Å². The number of hydrogen-bond acceptors (Lipinski definition) is 1. The Morgan fingerprint density at radius 3 is 2.00 bits per heavy atom. The molecule has 0 aliphatic carbocycles. The summed E-state index contributed by atoms with van der Waals surface area (Å²) < 4.78 is 39.0. The highest BCUT2D eigenvalue weighted by atomic mass is 19.5. The van der Waals surface area contributed by atoms with E-state index in [1.165, 1.54) is 0 Å². The first-order valence-corrected chi connectivity index (χ1v) is 4.62. The zero-order chi connectivity index (χ0) is 12.9. The Labute approximate surface area is 94.6 Å². The fourth-order valence-electron chi connectivity index (χ4n) is 1.30. The molecule has 0 radical (unpaired) electrons. The summed E-state index contributed by atoms with van der Waals surface area (Å²) in [5.41, 5.74) is 0.619. The Balaban J connectivity index is 0.000000249. The third-order valence-corrected chi connectivity index (χ3v) is 1.87. The van der Waals surface area contributed by atoms with E-state index in [1.54, 1.807) is 6.07 Å². The van der Waals surface area contributed by atoms with Crippen LogP contribution in [0.15, 0.2) is 42.5 Å². The van der Waals surface area contributed by atoms with Crippen LogP contribution in [-0.2, 0) is 0 Å². The maximum absolute atomic E-state index is 9.75. The summed E-state index contributed by atoms with van der Waals surface area (Å²) >= 11 is 0. The third-order valence-electron chi connectivity index (χ3n) is 1.87. The molecule has 0 saturated carbocycles. The molecule has 0 saturated heterocycles. The monoisotopic (exact) mass is 242 g/mol. The smallest absolute Gasteiger partial charge is 0.418 e. The molecule has 0 N–H and O–H groups in total. The molecular formula is C10H7BF4N2. The predicted molar refractivity (Wildman–Crippen MR) is 58.9 cm³/mol. The van der Waals surface area contributed by atoms with E-state index >= 15 is 0 Å². The van der Waals surface area contributed by atoms with Crippen molar-refractivity contribution >= 4 is 23.7 Å². The molecule has 0 aromatic heterocycles. The molecule has 2 aromatic carbocycles. The lowest BCUT2D eigenvalue weighted by atomic mass is 10.1. The normalized spacial score (nSPS) is 10.3. The van der Waals surface area contributed by atoms with Gasteiger partial charge in [-0.05, 0) is 11.5 Å². The topological polar surface area (TPSA) is 28.1 Å². The maximum atomic E-state index is 9.75. The van der Waals surface area contributed by atoms with Crippen molar-refractivity contribution in [1.82, 2.24) is 0 Å². The molecule has 0 bridgehead atoms. The average Bonchev–Trinajstić information content (AvgIpc) is 2.26. The number of benzene rings is 2. The SMILES string of the molecule is F[B-](F)(F)F.N#[N+]c1cccc2ccccc12. The second-order valence-corrected chi connectivity index (χ2v) is 3.09. The van der Waals surface area contributed by atoms with E-state index in [-0.39, 0.29) is 0 Å². The summed E-state index contributed by atoms with van der Waals surface area (Å²) in [7, 11) is -6.00. The molecule has 88 valence electrons. The summed E-state index contributed by atoms with van der Waals surface area (Å²) in [5.74, 6) is 0. The fraction of sp³-hybridized carbons (Fsp3) is 0. The van der Waals surface area contributed by atoms with Crippen molar-refractivity contribution in [1.29, 1.82) is 5.39 Å². The van der Waals surface area contributed by atoms with Crippen molar-refractivity contribution in [3.8, 4) is 0 Å². The molecule has 0 spiro atoms. The molecule has 0 unspecified atom stereocenters. The number of nitrogens with zero attached hydrogens (tertiary/aromatic N) is 2. The van der Waals surface area contributed by atoms with Gasteiger partial charge < -0.3 is 17.3 Å². The second kappa shape index (κ2) is 5.30. The summed E-state index contributed by atoms with van der Waals surface area (Å²) in [5, 5.41) is 10.7. The molecule has 0 heterocycles.